The Kier molecular flexibility index (Phi) is 5.75. The molecule has 3 aromatic rings. The highest BCUT2D eigenvalue weighted by Gasteiger charge is 2.33. The molecule has 1 aromatic heterocycles. The van der Waals surface area contributed by atoms with E-state index >= 15 is 0 Å². The van der Waals surface area contributed by atoms with Crippen molar-refractivity contribution in [2.45, 2.75) is 12.9 Å². The SMILES string of the molecule is O=C(NCc1ccc(OC(F)(F)F)cc1)C1CN(c2cc(-c3ccccc3)ncn2)C1. The Morgan fingerprint density at radius 1 is 1.06 bits per heavy atom. The normalized spacial score (nSPS) is 14.1. The Labute approximate surface area is 176 Å². The van der Waals surface area contributed by atoms with Gasteiger partial charge in [0.2, 0.25) is 5.91 Å². The van der Waals surface area contributed by atoms with Crippen LogP contribution in [0.5, 0.6) is 5.75 Å². The number of nitrogens with zero attached hydrogens (tertiary/aromatic N) is 3. The Balaban J connectivity index is 1.27. The zero-order chi connectivity index (χ0) is 21.8. The van der Waals surface area contributed by atoms with E-state index in [1.807, 2.05) is 41.3 Å². The minimum atomic E-state index is -4.72. The molecule has 1 fully saturated rings. The summed E-state index contributed by atoms with van der Waals surface area (Å²) in [5, 5.41) is 2.82. The summed E-state index contributed by atoms with van der Waals surface area (Å²) >= 11 is 0. The van der Waals surface area contributed by atoms with Crippen molar-refractivity contribution in [3.05, 3.63) is 72.6 Å². The first-order chi connectivity index (χ1) is 14.9. The molecule has 1 aliphatic rings. The van der Waals surface area contributed by atoms with E-state index in [0.717, 1.165) is 17.1 Å². The fourth-order valence-electron chi connectivity index (χ4n) is 3.26. The van der Waals surface area contributed by atoms with Crippen molar-refractivity contribution in [3.8, 4) is 17.0 Å². The molecule has 160 valence electrons. The van der Waals surface area contributed by atoms with Crippen molar-refractivity contribution in [1.29, 1.82) is 0 Å². The van der Waals surface area contributed by atoms with Gasteiger partial charge < -0.3 is 15.0 Å². The molecule has 9 heteroatoms. The predicted octanol–water partition coefficient (Wildman–Crippen LogP) is 3.79. The molecule has 1 saturated heterocycles. The first-order valence-electron chi connectivity index (χ1n) is 9.62. The summed E-state index contributed by atoms with van der Waals surface area (Å²) in [6, 6.07) is 17.1. The molecule has 4 rings (SSSR count). The number of hydrogen-bond acceptors (Lipinski definition) is 5. The molecule has 0 aliphatic carbocycles. The van der Waals surface area contributed by atoms with Crippen molar-refractivity contribution in [3.63, 3.8) is 0 Å². The minimum absolute atomic E-state index is 0.107. The van der Waals surface area contributed by atoms with Crippen molar-refractivity contribution in [1.82, 2.24) is 15.3 Å². The van der Waals surface area contributed by atoms with E-state index in [1.165, 1.54) is 30.6 Å². The number of halogens is 3. The van der Waals surface area contributed by atoms with Crippen LogP contribution in [0.15, 0.2) is 67.0 Å². The second kappa shape index (κ2) is 8.63. The van der Waals surface area contributed by atoms with Gasteiger partial charge >= 0.3 is 6.36 Å². The fourth-order valence-corrected chi connectivity index (χ4v) is 3.26. The van der Waals surface area contributed by atoms with E-state index < -0.39 is 6.36 Å². The molecule has 0 bridgehead atoms. The van der Waals surface area contributed by atoms with Gasteiger partial charge in [0.25, 0.3) is 0 Å². The number of anilines is 1. The summed E-state index contributed by atoms with van der Waals surface area (Å²) in [4.78, 5) is 23.0. The van der Waals surface area contributed by atoms with Crippen LogP contribution in [0.3, 0.4) is 0 Å². The molecular weight excluding hydrogens is 409 g/mol. The van der Waals surface area contributed by atoms with Crippen LogP contribution in [-0.4, -0.2) is 35.3 Å². The summed E-state index contributed by atoms with van der Waals surface area (Å²) in [6.45, 7) is 1.30. The van der Waals surface area contributed by atoms with E-state index in [1.54, 1.807) is 0 Å². The number of aromatic nitrogens is 2. The summed E-state index contributed by atoms with van der Waals surface area (Å²) in [5.41, 5.74) is 2.49. The number of carbonyl (C=O) groups is 1. The molecular formula is C22H19F3N4O2. The van der Waals surface area contributed by atoms with E-state index in [9.17, 15) is 18.0 Å². The highest BCUT2D eigenvalue weighted by molar-refractivity contribution is 5.82. The van der Waals surface area contributed by atoms with Gasteiger partial charge in [-0.2, -0.15) is 0 Å². The van der Waals surface area contributed by atoms with Crippen LogP contribution >= 0.6 is 0 Å². The minimum Gasteiger partial charge on any atom is -0.406 e. The van der Waals surface area contributed by atoms with Crippen LogP contribution in [0.25, 0.3) is 11.3 Å². The maximum atomic E-state index is 12.4. The first kappa shape index (κ1) is 20.6. The molecule has 2 heterocycles. The van der Waals surface area contributed by atoms with Crippen LogP contribution in [0, 0.1) is 5.92 Å². The molecule has 1 amide bonds. The summed E-state index contributed by atoms with van der Waals surface area (Å²) in [7, 11) is 0. The number of amides is 1. The molecule has 6 nitrogen and oxygen atoms in total. The van der Waals surface area contributed by atoms with Crippen molar-refractivity contribution in [2.24, 2.45) is 5.92 Å². The largest absolute Gasteiger partial charge is 0.573 e. The summed E-state index contributed by atoms with van der Waals surface area (Å²) < 4.78 is 40.4. The molecule has 0 unspecified atom stereocenters. The lowest BCUT2D eigenvalue weighted by molar-refractivity contribution is -0.274. The fraction of sp³-hybridized carbons (Fsp3) is 0.227. The molecule has 31 heavy (non-hydrogen) atoms. The average Bonchev–Trinajstić information content (AvgIpc) is 2.72. The average molecular weight is 428 g/mol. The lowest BCUT2D eigenvalue weighted by Gasteiger charge is -2.39. The first-order valence-corrected chi connectivity index (χ1v) is 9.62. The number of hydrogen-bond donors (Lipinski definition) is 1. The number of alkyl halides is 3. The summed E-state index contributed by atoms with van der Waals surface area (Å²) in [6.07, 6.45) is -3.21. The number of ether oxygens (including phenoxy) is 1. The number of carbonyl (C=O) groups excluding carboxylic acids is 1. The Bertz CT molecular complexity index is 1040. The number of benzene rings is 2. The molecule has 1 aliphatic heterocycles. The molecule has 2 aromatic carbocycles. The van der Waals surface area contributed by atoms with Gasteiger partial charge in [-0.15, -0.1) is 13.2 Å². The monoisotopic (exact) mass is 428 g/mol. The van der Waals surface area contributed by atoms with E-state index in [4.69, 9.17) is 0 Å². The Morgan fingerprint density at radius 3 is 2.45 bits per heavy atom. The van der Waals surface area contributed by atoms with Crippen LogP contribution in [0.1, 0.15) is 5.56 Å². The van der Waals surface area contributed by atoms with Gasteiger partial charge in [0.15, 0.2) is 0 Å². The lowest BCUT2D eigenvalue weighted by Crippen LogP contribution is -2.54. The predicted molar refractivity (Wildman–Crippen MR) is 108 cm³/mol. The third-order valence-electron chi connectivity index (χ3n) is 4.92. The highest BCUT2D eigenvalue weighted by atomic mass is 19.4. The van der Waals surface area contributed by atoms with Crippen LogP contribution in [-0.2, 0) is 11.3 Å². The van der Waals surface area contributed by atoms with Gasteiger partial charge in [0.05, 0.1) is 11.6 Å². The molecule has 1 N–H and O–H groups in total. The molecule has 0 spiro atoms. The van der Waals surface area contributed by atoms with E-state index in [0.29, 0.717) is 18.7 Å². The lowest BCUT2D eigenvalue weighted by atomic mass is 9.99. The molecule has 0 radical (unpaired) electrons. The summed E-state index contributed by atoms with van der Waals surface area (Å²) in [5.74, 6) is 0.183. The zero-order valence-electron chi connectivity index (χ0n) is 16.3. The van der Waals surface area contributed by atoms with Gasteiger partial charge in [0.1, 0.15) is 17.9 Å². The Morgan fingerprint density at radius 2 is 1.77 bits per heavy atom. The third kappa shape index (κ3) is 5.30. The van der Waals surface area contributed by atoms with Gasteiger partial charge in [-0.25, -0.2) is 9.97 Å². The smallest absolute Gasteiger partial charge is 0.406 e. The number of rotatable bonds is 6. The number of nitrogens with one attached hydrogen (secondary N) is 1. The maximum Gasteiger partial charge on any atom is 0.573 e. The standard InChI is InChI=1S/C22H19F3N4O2/c23-22(24,25)31-18-8-6-15(7-9-18)11-26-21(30)17-12-29(13-17)20-10-19(27-14-28-20)16-4-2-1-3-5-16/h1-10,14,17H,11-13H2,(H,26,30). The second-order valence-corrected chi connectivity index (χ2v) is 7.14. The quantitative estimate of drug-likeness (QED) is 0.647. The van der Waals surface area contributed by atoms with Crippen molar-refractivity contribution < 1.29 is 22.7 Å². The topological polar surface area (TPSA) is 67.3 Å². The van der Waals surface area contributed by atoms with Gasteiger partial charge in [-0.05, 0) is 17.7 Å². The van der Waals surface area contributed by atoms with Crippen LogP contribution in [0.2, 0.25) is 0 Å². The van der Waals surface area contributed by atoms with E-state index in [-0.39, 0.29) is 24.1 Å². The van der Waals surface area contributed by atoms with Crippen molar-refractivity contribution in [2.75, 3.05) is 18.0 Å². The van der Waals surface area contributed by atoms with Gasteiger partial charge in [0, 0.05) is 31.3 Å². The van der Waals surface area contributed by atoms with E-state index in [2.05, 4.69) is 20.0 Å². The molecule has 0 atom stereocenters. The molecule has 0 saturated carbocycles. The maximum absolute atomic E-state index is 12.4. The highest BCUT2D eigenvalue weighted by Crippen LogP contribution is 2.26. The van der Waals surface area contributed by atoms with Crippen LogP contribution < -0.4 is 15.0 Å². The third-order valence-corrected chi connectivity index (χ3v) is 4.92. The van der Waals surface area contributed by atoms with Gasteiger partial charge in [-0.3, -0.25) is 4.79 Å². The van der Waals surface area contributed by atoms with Crippen LogP contribution in [0.4, 0.5) is 19.0 Å². The van der Waals surface area contributed by atoms with Crippen molar-refractivity contribution >= 4 is 11.7 Å². The Hall–Kier alpha value is -3.62. The second-order valence-electron chi connectivity index (χ2n) is 7.14. The zero-order valence-corrected chi connectivity index (χ0v) is 16.3. The van der Waals surface area contributed by atoms with Gasteiger partial charge in [-0.1, -0.05) is 42.5 Å².